The zero-order valence-corrected chi connectivity index (χ0v) is 14.6. The van der Waals surface area contributed by atoms with E-state index in [1.807, 2.05) is 0 Å². The minimum atomic E-state index is -1.09. The molecule has 0 bridgehead atoms. The van der Waals surface area contributed by atoms with E-state index in [2.05, 4.69) is 20.6 Å². The number of carbonyl (C=O) groups excluding carboxylic acids is 1. The summed E-state index contributed by atoms with van der Waals surface area (Å²) in [5.74, 6) is -2.99. The summed E-state index contributed by atoms with van der Waals surface area (Å²) in [6.45, 7) is 0. The summed E-state index contributed by atoms with van der Waals surface area (Å²) in [7, 11) is 0. The molecule has 4 aromatic rings. The Morgan fingerprint density at radius 1 is 1.03 bits per heavy atom. The molecule has 4 rings (SSSR count). The van der Waals surface area contributed by atoms with Crippen molar-refractivity contribution in [2.24, 2.45) is 0 Å². The minimum Gasteiger partial charge on any atom is -0.326 e. The molecule has 0 fully saturated rings. The lowest BCUT2D eigenvalue weighted by atomic mass is 10.1. The number of nitrogens with one attached hydrogen (secondary N) is 2. The third-order valence-corrected chi connectivity index (χ3v) is 4.14. The molecule has 2 aromatic carbocycles. The summed E-state index contributed by atoms with van der Waals surface area (Å²) >= 11 is 0. The lowest BCUT2D eigenvalue weighted by Gasteiger charge is -2.06. The summed E-state index contributed by atoms with van der Waals surface area (Å²) in [5, 5.41) is 12.8. The maximum atomic E-state index is 13.3. The molecule has 2 aromatic heterocycles. The molecule has 0 spiro atoms. The fourth-order valence-corrected chi connectivity index (χ4v) is 2.76. The van der Waals surface area contributed by atoms with Crippen LogP contribution >= 0.6 is 0 Å². The van der Waals surface area contributed by atoms with Crippen LogP contribution in [0.15, 0.2) is 53.3 Å². The van der Waals surface area contributed by atoms with E-state index < -0.39 is 28.9 Å². The number of benzene rings is 2. The van der Waals surface area contributed by atoms with Crippen LogP contribution in [0.3, 0.4) is 0 Å². The summed E-state index contributed by atoms with van der Waals surface area (Å²) in [6, 6.07) is 9.99. The van der Waals surface area contributed by atoms with Crippen LogP contribution in [0.5, 0.6) is 0 Å². The molecule has 1 amide bonds. The number of H-pyrrole nitrogens is 1. The largest absolute Gasteiger partial charge is 0.326 e. The van der Waals surface area contributed by atoms with Gasteiger partial charge in [-0.15, -0.1) is 0 Å². The Morgan fingerprint density at radius 3 is 2.52 bits per heavy atom. The molecule has 0 radical (unpaired) electrons. The average Bonchev–Trinajstić information content (AvgIpc) is 3.14. The molecule has 2 heterocycles. The average molecular weight is 399 g/mol. The highest BCUT2D eigenvalue weighted by Crippen LogP contribution is 2.19. The van der Waals surface area contributed by atoms with Crippen LogP contribution in [0.4, 0.5) is 18.9 Å². The van der Waals surface area contributed by atoms with E-state index in [-0.39, 0.29) is 23.4 Å². The van der Waals surface area contributed by atoms with Gasteiger partial charge in [0, 0.05) is 17.3 Å². The third kappa shape index (κ3) is 3.72. The number of halogens is 3. The highest BCUT2D eigenvalue weighted by molar-refractivity contribution is 5.91. The number of carbonyl (C=O) groups is 1. The fourth-order valence-electron chi connectivity index (χ4n) is 2.76. The van der Waals surface area contributed by atoms with Crippen molar-refractivity contribution in [3.05, 3.63) is 82.2 Å². The zero-order valence-electron chi connectivity index (χ0n) is 14.6. The Balaban J connectivity index is 1.64. The van der Waals surface area contributed by atoms with E-state index >= 15 is 0 Å². The van der Waals surface area contributed by atoms with Gasteiger partial charge in [-0.1, -0.05) is 0 Å². The van der Waals surface area contributed by atoms with E-state index in [1.54, 1.807) is 0 Å². The Labute approximate surface area is 160 Å². The molecule has 0 aliphatic carbocycles. The number of rotatable bonds is 4. The maximum Gasteiger partial charge on any atom is 0.290 e. The normalized spacial score (nSPS) is 11.0. The first kappa shape index (κ1) is 18.4. The van der Waals surface area contributed by atoms with Crippen LogP contribution in [-0.4, -0.2) is 25.7 Å². The van der Waals surface area contributed by atoms with Gasteiger partial charge in [-0.05, 0) is 42.5 Å². The Kier molecular flexibility index (Phi) is 4.59. The Hall–Kier alpha value is -3.95. The minimum absolute atomic E-state index is 0.0713. The molecule has 0 saturated heterocycles. The van der Waals surface area contributed by atoms with Gasteiger partial charge < -0.3 is 5.32 Å². The van der Waals surface area contributed by atoms with Gasteiger partial charge >= 0.3 is 0 Å². The number of nitrogens with zero attached hydrogens (tertiary/aromatic N) is 3. The molecular formula is C19H12F3N5O2. The molecule has 0 saturated carbocycles. The van der Waals surface area contributed by atoms with Crippen LogP contribution in [-0.2, 0) is 11.2 Å². The first-order valence-electron chi connectivity index (χ1n) is 8.39. The molecule has 2 N–H and O–H groups in total. The molecular weight excluding hydrogens is 387 g/mol. The molecule has 146 valence electrons. The van der Waals surface area contributed by atoms with Gasteiger partial charge in [0.05, 0.1) is 12.1 Å². The highest BCUT2D eigenvalue weighted by Gasteiger charge is 2.15. The second-order valence-electron chi connectivity index (χ2n) is 6.16. The molecule has 10 heteroatoms. The molecule has 0 unspecified atom stereocenters. The molecule has 29 heavy (non-hydrogen) atoms. The molecule has 7 nitrogen and oxygen atoms in total. The number of amides is 1. The van der Waals surface area contributed by atoms with Gasteiger partial charge in [-0.3, -0.25) is 9.59 Å². The van der Waals surface area contributed by atoms with Gasteiger partial charge in [-0.2, -0.15) is 10.2 Å². The zero-order chi connectivity index (χ0) is 20.5. The van der Waals surface area contributed by atoms with Crippen LogP contribution in [0.25, 0.3) is 16.8 Å². The van der Waals surface area contributed by atoms with Crippen molar-refractivity contribution < 1.29 is 18.0 Å². The molecule has 0 aliphatic heterocycles. The topological polar surface area (TPSA) is 92.2 Å². The number of hydrogen-bond donors (Lipinski definition) is 2. The first-order valence-corrected chi connectivity index (χ1v) is 8.39. The summed E-state index contributed by atoms with van der Waals surface area (Å²) < 4.78 is 40.6. The molecule has 0 atom stereocenters. The fraction of sp³-hybridized carbons (Fsp3) is 0.0526. The van der Waals surface area contributed by atoms with E-state index in [1.165, 1.54) is 40.9 Å². The Morgan fingerprint density at radius 2 is 1.79 bits per heavy atom. The van der Waals surface area contributed by atoms with Gasteiger partial charge in [0.15, 0.2) is 17.5 Å². The smallest absolute Gasteiger partial charge is 0.290 e. The Bertz CT molecular complexity index is 1280. The van der Waals surface area contributed by atoms with Crippen molar-refractivity contribution in [1.82, 2.24) is 19.8 Å². The summed E-state index contributed by atoms with van der Waals surface area (Å²) in [4.78, 5) is 24.3. The third-order valence-electron chi connectivity index (χ3n) is 4.14. The number of anilines is 1. The van der Waals surface area contributed by atoms with E-state index in [0.29, 0.717) is 11.3 Å². The van der Waals surface area contributed by atoms with Gasteiger partial charge in [0.1, 0.15) is 11.3 Å². The van der Waals surface area contributed by atoms with Crippen LogP contribution in [0.1, 0.15) is 5.82 Å². The van der Waals surface area contributed by atoms with Crippen molar-refractivity contribution in [2.45, 2.75) is 6.42 Å². The predicted molar refractivity (Wildman–Crippen MR) is 97.7 cm³/mol. The number of fused-ring (bicyclic) bond motifs is 1. The predicted octanol–water partition coefficient (Wildman–Crippen LogP) is 2.68. The standard InChI is InChI=1S/C19H12F3N5O2/c20-11-3-1-10(2-4-11)15-8-16-19(29)25-24-17(27(16)26-15)9-18(28)23-12-5-6-13(21)14(22)7-12/h1-8H,9H2,(H,23,28)(H,25,29). The number of hydrogen-bond acceptors (Lipinski definition) is 4. The monoisotopic (exact) mass is 399 g/mol. The SMILES string of the molecule is O=C(Cc1n[nH]c(=O)c2cc(-c3ccc(F)cc3)nn12)Nc1ccc(F)c(F)c1. The lowest BCUT2D eigenvalue weighted by Crippen LogP contribution is -2.22. The van der Waals surface area contributed by atoms with Crippen molar-refractivity contribution >= 4 is 17.1 Å². The van der Waals surface area contributed by atoms with Crippen LogP contribution in [0.2, 0.25) is 0 Å². The summed E-state index contributed by atoms with van der Waals surface area (Å²) in [5.41, 5.74) is 0.671. The number of aromatic amines is 1. The summed E-state index contributed by atoms with van der Waals surface area (Å²) in [6.07, 6.45) is -0.295. The number of aromatic nitrogens is 4. The van der Waals surface area contributed by atoms with Crippen molar-refractivity contribution in [1.29, 1.82) is 0 Å². The van der Waals surface area contributed by atoms with Crippen molar-refractivity contribution in [2.75, 3.05) is 5.32 Å². The maximum absolute atomic E-state index is 13.3. The van der Waals surface area contributed by atoms with Crippen LogP contribution < -0.4 is 10.9 Å². The van der Waals surface area contributed by atoms with Crippen molar-refractivity contribution in [3.8, 4) is 11.3 Å². The second-order valence-corrected chi connectivity index (χ2v) is 6.16. The van der Waals surface area contributed by atoms with Gasteiger partial charge in [0.2, 0.25) is 5.91 Å². The first-order chi connectivity index (χ1) is 13.9. The highest BCUT2D eigenvalue weighted by atomic mass is 19.2. The lowest BCUT2D eigenvalue weighted by molar-refractivity contribution is -0.115. The quantitative estimate of drug-likeness (QED) is 0.552. The second kappa shape index (κ2) is 7.23. The van der Waals surface area contributed by atoms with E-state index in [4.69, 9.17) is 0 Å². The van der Waals surface area contributed by atoms with Gasteiger partial charge in [-0.25, -0.2) is 22.8 Å². The van der Waals surface area contributed by atoms with E-state index in [9.17, 15) is 22.8 Å². The molecule has 0 aliphatic rings. The van der Waals surface area contributed by atoms with Crippen molar-refractivity contribution in [3.63, 3.8) is 0 Å². The van der Waals surface area contributed by atoms with E-state index in [0.717, 1.165) is 12.1 Å². The van der Waals surface area contributed by atoms with Crippen LogP contribution in [0, 0.1) is 17.5 Å². The van der Waals surface area contributed by atoms with Gasteiger partial charge in [0.25, 0.3) is 5.56 Å².